The summed E-state index contributed by atoms with van der Waals surface area (Å²) in [6.45, 7) is 2.58. The Balaban J connectivity index is 1.65. The number of hydrogen-bond acceptors (Lipinski definition) is 6. The van der Waals surface area contributed by atoms with Gasteiger partial charge in [-0.25, -0.2) is 0 Å². The van der Waals surface area contributed by atoms with Gasteiger partial charge in [-0.05, 0) is 30.7 Å². The lowest BCUT2D eigenvalue weighted by Gasteiger charge is -2.09. The van der Waals surface area contributed by atoms with E-state index in [0.717, 1.165) is 37.2 Å². The van der Waals surface area contributed by atoms with E-state index in [1.807, 2.05) is 55.5 Å². The van der Waals surface area contributed by atoms with Gasteiger partial charge in [0.05, 0.1) is 12.3 Å². The molecule has 3 rings (SSSR count). The maximum absolute atomic E-state index is 6.18. The number of para-hydroxylation sites is 2. The Morgan fingerprint density at radius 1 is 1.12 bits per heavy atom. The van der Waals surface area contributed by atoms with Crippen LogP contribution in [0, 0.1) is 0 Å². The third-order valence-corrected chi connectivity index (χ3v) is 5.53. The van der Waals surface area contributed by atoms with Crippen LogP contribution in [0.3, 0.4) is 0 Å². The van der Waals surface area contributed by atoms with Crippen LogP contribution in [-0.4, -0.2) is 16.8 Å². The number of benzene rings is 2. The molecule has 1 heterocycles. The normalized spacial score (nSPS) is 10.6. The Labute approximate surface area is 154 Å². The summed E-state index contributed by atoms with van der Waals surface area (Å²) < 4.78 is 6.50. The average Bonchev–Trinajstić information content (AvgIpc) is 3.04. The third-order valence-electron chi connectivity index (χ3n) is 3.14. The van der Waals surface area contributed by atoms with Crippen LogP contribution in [0.4, 0.5) is 10.8 Å². The van der Waals surface area contributed by atoms with Gasteiger partial charge in [0.1, 0.15) is 5.75 Å². The van der Waals surface area contributed by atoms with E-state index in [1.54, 1.807) is 11.8 Å². The SMILES string of the molecule is CCOc1ccccc1Nc1nnc(SCc2ccccc2Cl)s1. The molecule has 0 aliphatic rings. The minimum atomic E-state index is 0.619. The van der Waals surface area contributed by atoms with Crippen molar-refractivity contribution in [1.82, 2.24) is 10.2 Å². The molecule has 4 nitrogen and oxygen atoms in total. The van der Waals surface area contributed by atoms with E-state index in [2.05, 4.69) is 15.5 Å². The van der Waals surface area contributed by atoms with Crippen molar-refractivity contribution in [2.24, 2.45) is 0 Å². The summed E-state index contributed by atoms with van der Waals surface area (Å²) in [7, 11) is 0. The molecule has 0 saturated heterocycles. The predicted molar refractivity (Wildman–Crippen MR) is 102 cm³/mol. The summed E-state index contributed by atoms with van der Waals surface area (Å²) >= 11 is 9.31. The first-order valence-electron chi connectivity index (χ1n) is 7.45. The first kappa shape index (κ1) is 17.1. The number of thioether (sulfide) groups is 1. The van der Waals surface area contributed by atoms with E-state index in [0.29, 0.717) is 6.61 Å². The van der Waals surface area contributed by atoms with Gasteiger partial charge in [0, 0.05) is 10.8 Å². The van der Waals surface area contributed by atoms with Crippen molar-refractivity contribution in [3.8, 4) is 5.75 Å². The van der Waals surface area contributed by atoms with Crippen molar-refractivity contribution < 1.29 is 4.74 Å². The largest absolute Gasteiger partial charge is 0.492 e. The maximum atomic E-state index is 6.18. The van der Waals surface area contributed by atoms with E-state index < -0.39 is 0 Å². The average molecular weight is 378 g/mol. The minimum Gasteiger partial charge on any atom is -0.492 e. The van der Waals surface area contributed by atoms with Crippen LogP contribution >= 0.6 is 34.7 Å². The zero-order valence-corrected chi connectivity index (χ0v) is 15.4. The lowest BCUT2D eigenvalue weighted by Crippen LogP contribution is -1.97. The van der Waals surface area contributed by atoms with Crippen molar-refractivity contribution in [3.63, 3.8) is 0 Å². The molecular formula is C17H16ClN3OS2. The van der Waals surface area contributed by atoms with Crippen LogP contribution in [0.2, 0.25) is 5.02 Å². The highest BCUT2D eigenvalue weighted by Gasteiger charge is 2.09. The van der Waals surface area contributed by atoms with Crippen LogP contribution in [0.5, 0.6) is 5.75 Å². The van der Waals surface area contributed by atoms with Crippen LogP contribution < -0.4 is 10.1 Å². The van der Waals surface area contributed by atoms with Crippen LogP contribution in [0.25, 0.3) is 0 Å². The first-order valence-corrected chi connectivity index (χ1v) is 9.63. The van der Waals surface area contributed by atoms with Gasteiger partial charge in [0.15, 0.2) is 4.34 Å². The Morgan fingerprint density at radius 2 is 1.92 bits per heavy atom. The topological polar surface area (TPSA) is 47.0 Å². The summed E-state index contributed by atoms with van der Waals surface area (Å²) in [5.41, 5.74) is 1.98. The smallest absolute Gasteiger partial charge is 0.210 e. The minimum absolute atomic E-state index is 0.619. The molecule has 0 atom stereocenters. The van der Waals surface area contributed by atoms with Crippen LogP contribution in [0.15, 0.2) is 52.9 Å². The Kier molecular flexibility index (Phi) is 5.96. The number of ether oxygens (including phenoxy) is 1. The zero-order chi connectivity index (χ0) is 16.8. The molecule has 1 N–H and O–H groups in total. The molecule has 124 valence electrons. The van der Waals surface area contributed by atoms with Gasteiger partial charge in [-0.1, -0.05) is 65.0 Å². The number of aromatic nitrogens is 2. The number of halogens is 1. The van der Waals surface area contributed by atoms with Gasteiger partial charge >= 0.3 is 0 Å². The maximum Gasteiger partial charge on any atom is 0.210 e. The highest BCUT2D eigenvalue weighted by atomic mass is 35.5. The first-order chi connectivity index (χ1) is 11.8. The molecule has 0 unspecified atom stereocenters. The summed E-state index contributed by atoms with van der Waals surface area (Å²) in [6, 6.07) is 15.6. The molecule has 0 spiro atoms. The van der Waals surface area contributed by atoms with Gasteiger partial charge in [-0.15, -0.1) is 10.2 Å². The number of anilines is 2. The summed E-state index contributed by atoms with van der Waals surface area (Å²) in [5.74, 6) is 1.57. The highest BCUT2D eigenvalue weighted by Crippen LogP contribution is 2.33. The van der Waals surface area contributed by atoms with Gasteiger partial charge in [0.2, 0.25) is 5.13 Å². The Bertz CT molecular complexity index is 810. The van der Waals surface area contributed by atoms with E-state index in [1.165, 1.54) is 11.3 Å². The second kappa shape index (κ2) is 8.37. The molecule has 0 radical (unpaired) electrons. The van der Waals surface area contributed by atoms with Gasteiger partial charge < -0.3 is 10.1 Å². The number of hydrogen-bond donors (Lipinski definition) is 1. The molecule has 7 heteroatoms. The van der Waals surface area contributed by atoms with E-state index in [9.17, 15) is 0 Å². The second-order valence-corrected chi connectivity index (χ2v) is 7.41. The monoisotopic (exact) mass is 377 g/mol. The van der Waals surface area contributed by atoms with Gasteiger partial charge in [0.25, 0.3) is 0 Å². The molecule has 0 fully saturated rings. The van der Waals surface area contributed by atoms with Gasteiger partial charge in [-0.2, -0.15) is 0 Å². The molecular weight excluding hydrogens is 362 g/mol. The molecule has 0 bridgehead atoms. The number of nitrogens with zero attached hydrogens (tertiary/aromatic N) is 2. The molecule has 2 aromatic carbocycles. The molecule has 0 saturated carbocycles. The third kappa shape index (κ3) is 4.41. The molecule has 0 aliphatic heterocycles. The van der Waals surface area contributed by atoms with Crippen molar-refractivity contribution in [3.05, 3.63) is 59.1 Å². The Hall–Kier alpha value is -1.76. The molecule has 1 aromatic heterocycles. The van der Waals surface area contributed by atoms with Crippen molar-refractivity contribution in [1.29, 1.82) is 0 Å². The molecule has 3 aromatic rings. The summed E-state index contributed by atoms with van der Waals surface area (Å²) in [5, 5.41) is 13.2. The van der Waals surface area contributed by atoms with E-state index in [4.69, 9.17) is 16.3 Å². The fourth-order valence-electron chi connectivity index (χ4n) is 2.04. The summed E-state index contributed by atoms with van der Waals surface area (Å²) in [6.07, 6.45) is 0. The van der Waals surface area contributed by atoms with Crippen molar-refractivity contribution in [2.45, 2.75) is 17.0 Å². The van der Waals surface area contributed by atoms with Gasteiger partial charge in [-0.3, -0.25) is 0 Å². The standard InChI is InChI=1S/C17H16ClN3OS2/c1-2-22-15-10-6-5-9-14(15)19-16-20-21-17(24-16)23-11-12-7-3-4-8-13(12)18/h3-10H,2,11H2,1H3,(H,19,20). The van der Waals surface area contributed by atoms with E-state index >= 15 is 0 Å². The molecule has 0 aliphatic carbocycles. The van der Waals surface area contributed by atoms with Crippen LogP contribution in [-0.2, 0) is 5.75 Å². The second-order valence-electron chi connectivity index (χ2n) is 4.81. The molecule has 24 heavy (non-hydrogen) atoms. The number of nitrogens with one attached hydrogen (secondary N) is 1. The predicted octanol–water partition coefficient (Wildman–Crippen LogP) is 5.63. The quantitative estimate of drug-likeness (QED) is 0.541. The highest BCUT2D eigenvalue weighted by molar-refractivity contribution is 8.00. The zero-order valence-electron chi connectivity index (χ0n) is 13.0. The number of rotatable bonds is 7. The van der Waals surface area contributed by atoms with E-state index in [-0.39, 0.29) is 0 Å². The fourth-order valence-corrected chi connectivity index (χ4v) is 4.09. The van der Waals surface area contributed by atoms with Crippen molar-refractivity contribution >= 4 is 45.5 Å². The lowest BCUT2D eigenvalue weighted by molar-refractivity contribution is 0.342. The fraction of sp³-hybridized carbons (Fsp3) is 0.176. The Morgan fingerprint density at radius 3 is 2.75 bits per heavy atom. The molecule has 0 amide bonds. The lowest BCUT2D eigenvalue weighted by atomic mass is 10.2. The van der Waals surface area contributed by atoms with Crippen molar-refractivity contribution in [2.75, 3.05) is 11.9 Å². The van der Waals surface area contributed by atoms with Crippen LogP contribution in [0.1, 0.15) is 12.5 Å². The summed E-state index contributed by atoms with van der Waals surface area (Å²) in [4.78, 5) is 0.